The molecule has 1 saturated carbocycles. The Morgan fingerprint density at radius 1 is 1.23 bits per heavy atom. The van der Waals surface area contributed by atoms with E-state index >= 15 is 0 Å². The lowest BCUT2D eigenvalue weighted by molar-refractivity contribution is -0.138. The number of hydrogen-bond donors (Lipinski definition) is 1. The van der Waals surface area contributed by atoms with Crippen LogP contribution in [0.3, 0.4) is 0 Å². The summed E-state index contributed by atoms with van der Waals surface area (Å²) in [6.07, 6.45) is 8.83. The fourth-order valence-corrected chi connectivity index (χ4v) is 5.84. The van der Waals surface area contributed by atoms with Gasteiger partial charge >= 0.3 is 0 Å². The van der Waals surface area contributed by atoms with E-state index in [4.69, 9.17) is 14.2 Å². The molecule has 3 heterocycles. The first-order valence-corrected chi connectivity index (χ1v) is 11.2. The van der Waals surface area contributed by atoms with Gasteiger partial charge in [-0.2, -0.15) is 0 Å². The van der Waals surface area contributed by atoms with Gasteiger partial charge in [0.1, 0.15) is 5.60 Å². The second-order valence-corrected chi connectivity index (χ2v) is 9.03. The summed E-state index contributed by atoms with van der Waals surface area (Å²) < 4.78 is 16.9. The summed E-state index contributed by atoms with van der Waals surface area (Å²) in [5, 5.41) is 3.04. The van der Waals surface area contributed by atoms with Gasteiger partial charge in [-0.05, 0) is 37.0 Å². The molecule has 5 rings (SSSR count). The van der Waals surface area contributed by atoms with Crippen molar-refractivity contribution in [3.63, 3.8) is 0 Å². The van der Waals surface area contributed by atoms with Gasteiger partial charge in [-0.1, -0.05) is 31.1 Å². The Kier molecular flexibility index (Phi) is 5.16. The lowest BCUT2D eigenvalue weighted by Crippen LogP contribution is -2.45. The lowest BCUT2D eigenvalue weighted by Gasteiger charge is -2.27. The zero-order valence-electron chi connectivity index (χ0n) is 18.1. The highest BCUT2D eigenvalue weighted by Gasteiger charge is 2.67. The van der Waals surface area contributed by atoms with Crippen LogP contribution >= 0.6 is 0 Å². The summed E-state index contributed by atoms with van der Waals surface area (Å²) >= 11 is 0. The van der Waals surface area contributed by atoms with Crippen LogP contribution in [0.25, 0.3) is 0 Å². The molecule has 4 aliphatic rings. The third-order valence-corrected chi connectivity index (χ3v) is 7.36. The number of amides is 2. The first kappa shape index (κ1) is 20.4. The van der Waals surface area contributed by atoms with E-state index in [1.54, 1.807) is 14.2 Å². The van der Waals surface area contributed by atoms with Crippen LogP contribution in [0.1, 0.15) is 31.2 Å². The monoisotopic (exact) mass is 426 g/mol. The average molecular weight is 427 g/mol. The minimum atomic E-state index is -0.615. The predicted molar refractivity (Wildman–Crippen MR) is 114 cm³/mol. The smallest absolute Gasteiger partial charge is 0.230 e. The van der Waals surface area contributed by atoms with E-state index < -0.39 is 17.4 Å². The molecular formula is C24H30N2O5. The molecular weight excluding hydrogens is 396 g/mol. The fourth-order valence-electron chi connectivity index (χ4n) is 5.84. The molecule has 1 aromatic carbocycles. The lowest BCUT2D eigenvalue weighted by atomic mass is 9.77. The predicted octanol–water partition coefficient (Wildman–Crippen LogP) is 2.09. The van der Waals surface area contributed by atoms with Crippen molar-refractivity contribution in [3.8, 4) is 11.5 Å². The molecule has 166 valence electrons. The van der Waals surface area contributed by atoms with Crippen molar-refractivity contribution in [2.24, 2.45) is 11.8 Å². The van der Waals surface area contributed by atoms with Gasteiger partial charge in [-0.25, -0.2) is 0 Å². The zero-order valence-corrected chi connectivity index (χ0v) is 18.1. The number of nitrogens with one attached hydrogen (secondary N) is 1. The Balaban J connectivity index is 1.24. The number of hydrogen-bond acceptors (Lipinski definition) is 5. The number of carbonyl (C=O) groups is 2. The van der Waals surface area contributed by atoms with Crippen LogP contribution < -0.4 is 14.8 Å². The van der Waals surface area contributed by atoms with E-state index in [1.165, 1.54) is 12.8 Å². The minimum Gasteiger partial charge on any atom is -0.493 e. The molecule has 3 aliphatic heterocycles. The van der Waals surface area contributed by atoms with Gasteiger partial charge < -0.3 is 24.4 Å². The summed E-state index contributed by atoms with van der Waals surface area (Å²) in [5.74, 6) is 0.502. The van der Waals surface area contributed by atoms with Crippen LogP contribution in [0, 0.1) is 11.8 Å². The van der Waals surface area contributed by atoms with E-state index in [9.17, 15) is 9.59 Å². The molecule has 1 aliphatic carbocycles. The summed E-state index contributed by atoms with van der Waals surface area (Å²) in [7, 11) is 3.21. The van der Waals surface area contributed by atoms with Crippen molar-refractivity contribution in [1.29, 1.82) is 0 Å². The summed E-state index contributed by atoms with van der Waals surface area (Å²) in [6, 6.07) is 6.05. The second-order valence-electron chi connectivity index (χ2n) is 9.03. The van der Waals surface area contributed by atoms with Gasteiger partial charge in [-0.15, -0.1) is 0 Å². The standard InChI is InChI=1S/C24H30N2O5/c1-29-17-8-7-15(13-19(17)30-2)10-12-25-22(27)20-18-9-11-24(31-18)14-26(23(28)21(20)24)16-5-3-4-6-16/h7-9,11,13,16,18,20-21H,3-6,10,12,14H2,1-2H3,(H,25,27)/t18-,20-,21-,24-/m1/s1. The van der Waals surface area contributed by atoms with E-state index in [1.807, 2.05) is 35.3 Å². The van der Waals surface area contributed by atoms with E-state index in [0.29, 0.717) is 37.1 Å². The van der Waals surface area contributed by atoms with E-state index in [0.717, 1.165) is 18.4 Å². The molecule has 0 unspecified atom stereocenters. The minimum absolute atomic E-state index is 0.0941. The quantitative estimate of drug-likeness (QED) is 0.676. The summed E-state index contributed by atoms with van der Waals surface area (Å²) in [5.41, 5.74) is 0.429. The van der Waals surface area contributed by atoms with Crippen LogP contribution in [-0.4, -0.2) is 61.8 Å². The summed E-state index contributed by atoms with van der Waals surface area (Å²) in [4.78, 5) is 28.4. The number of benzene rings is 1. The number of ether oxygens (including phenoxy) is 3. The molecule has 7 nitrogen and oxygen atoms in total. The van der Waals surface area contributed by atoms with Crippen molar-refractivity contribution in [2.75, 3.05) is 27.3 Å². The van der Waals surface area contributed by atoms with Crippen molar-refractivity contribution in [3.05, 3.63) is 35.9 Å². The van der Waals surface area contributed by atoms with Crippen molar-refractivity contribution in [1.82, 2.24) is 10.2 Å². The largest absolute Gasteiger partial charge is 0.493 e. The van der Waals surface area contributed by atoms with Gasteiger partial charge in [-0.3, -0.25) is 9.59 Å². The van der Waals surface area contributed by atoms with Crippen molar-refractivity contribution >= 4 is 11.8 Å². The SMILES string of the molecule is COc1ccc(CCNC(=O)[C@@H]2[C@H]3C=C[C@]4(CN(C5CCCC5)C(=O)[C@@H]24)O3)cc1OC. The van der Waals surface area contributed by atoms with Crippen LogP contribution in [0.15, 0.2) is 30.4 Å². The highest BCUT2D eigenvalue weighted by Crippen LogP contribution is 2.53. The molecule has 1 spiro atoms. The Hall–Kier alpha value is -2.54. The summed E-state index contributed by atoms with van der Waals surface area (Å²) in [6.45, 7) is 1.07. The first-order chi connectivity index (χ1) is 15.1. The average Bonchev–Trinajstić information content (AvgIpc) is 3.55. The van der Waals surface area contributed by atoms with Crippen LogP contribution in [0.2, 0.25) is 0 Å². The number of rotatable bonds is 7. The highest BCUT2D eigenvalue weighted by molar-refractivity contribution is 5.93. The number of nitrogens with zero attached hydrogens (tertiary/aromatic N) is 1. The van der Waals surface area contributed by atoms with Crippen LogP contribution in [0.4, 0.5) is 0 Å². The Morgan fingerprint density at radius 3 is 2.74 bits per heavy atom. The molecule has 4 atom stereocenters. The third kappa shape index (κ3) is 3.30. The molecule has 1 N–H and O–H groups in total. The Labute approximate surface area is 182 Å². The van der Waals surface area contributed by atoms with Gasteiger partial charge in [0.15, 0.2) is 11.5 Å². The van der Waals surface area contributed by atoms with Crippen molar-refractivity contribution < 1.29 is 23.8 Å². The molecule has 0 radical (unpaired) electrons. The van der Waals surface area contributed by atoms with Gasteiger partial charge in [0.05, 0.1) is 38.7 Å². The third-order valence-electron chi connectivity index (χ3n) is 7.36. The first-order valence-electron chi connectivity index (χ1n) is 11.2. The van der Waals surface area contributed by atoms with Gasteiger partial charge in [0.25, 0.3) is 0 Å². The molecule has 0 aromatic heterocycles. The second kappa shape index (κ2) is 7.86. The molecule has 2 amide bonds. The normalized spacial score (nSPS) is 31.4. The van der Waals surface area contributed by atoms with E-state index in [-0.39, 0.29) is 17.9 Å². The molecule has 7 heteroatoms. The molecule has 31 heavy (non-hydrogen) atoms. The number of methoxy groups -OCH3 is 2. The number of carbonyl (C=O) groups excluding carboxylic acids is 2. The molecule has 2 saturated heterocycles. The van der Waals surface area contributed by atoms with E-state index in [2.05, 4.69) is 5.32 Å². The zero-order chi connectivity index (χ0) is 21.6. The molecule has 1 aromatic rings. The maximum Gasteiger partial charge on any atom is 0.230 e. The molecule has 3 fully saturated rings. The maximum absolute atomic E-state index is 13.3. The Morgan fingerprint density at radius 2 is 2.00 bits per heavy atom. The molecule has 2 bridgehead atoms. The van der Waals surface area contributed by atoms with Crippen LogP contribution in [0.5, 0.6) is 11.5 Å². The number of fused-ring (bicyclic) bond motifs is 1. The van der Waals surface area contributed by atoms with Gasteiger partial charge in [0.2, 0.25) is 11.8 Å². The topological polar surface area (TPSA) is 77.1 Å². The van der Waals surface area contributed by atoms with Gasteiger partial charge in [0, 0.05) is 12.6 Å². The Bertz CT molecular complexity index is 909. The maximum atomic E-state index is 13.3. The fraction of sp³-hybridized carbons (Fsp3) is 0.583. The number of likely N-dealkylation sites (tertiary alicyclic amines) is 1. The van der Waals surface area contributed by atoms with Crippen LogP contribution in [-0.2, 0) is 20.7 Å². The highest BCUT2D eigenvalue weighted by atomic mass is 16.5. The van der Waals surface area contributed by atoms with Crippen molar-refractivity contribution in [2.45, 2.75) is 49.9 Å².